The third kappa shape index (κ3) is 2.33. The molecule has 0 bridgehead atoms. The van der Waals surface area contributed by atoms with Crippen LogP contribution >= 0.6 is 11.6 Å². The van der Waals surface area contributed by atoms with Crippen LogP contribution < -0.4 is 10.6 Å². The van der Waals surface area contributed by atoms with Crippen molar-refractivity contribution >= 4 is 17.3 Å². The van der Waals surface area contributed by atoms with Crippen LogP contribution in [0.5, 0.6) is 0 Å². The van der Waals surface area contributed by atoms with E-state index in [0.717, 1.165) is 24.4 Å². The van der Waals surface area contributed by atoms with Gasteiger partial charge in [0.15, 0.2) is 0 Å². The Balaban J connectivity index is 2.27. The maximum absolute atomic E-state index is 6.03. The third-order valence-electron chi connectivity index (χ3n) is 3.34. The summed E-state index contributed by atoms with van der Waals surface area (Å²) in [7, 11) is 0. The summed E-state index contributed by atoms with van der Waals surface area (Å²) in [5.41, 5.74) is 7.34. The molecule has 1 aliphatic heterocycles. The summed E-state index contributed by atoms with van der Waals surface area (Å²) in [5.74, 6) is 0. The van der Waals surface area contributed by atoms with Gasteiger partial charge in [-0.2, -0.15) is 0 Å². The highest BCUT2D eigenvalue weighted by Crippen LogP contribution is 2.32. The zero-order chi connectivity index (χ0) is 11.8. The van der Waals surface area contributed by atoms with Gasteiger partial charge in [-0.3, -0.25) is 0 Å². The van der Waals surface area contributed by atoms with E-state index in [1.807, 2.05) is 18.2 Å². The molecule has 1 aromatic carbocycles. The number of piperidine rings is 1. The molecule has 1 aromatic rings. The first-order valence-electron chi connectivity index (χ1n) is 5.78. The first-order valence-corrected chi connectivity index (χ1v) is 6.16. The fraction of sp³-hybridized carbons (Fsp3) is 0.538. The molecule has 0 amide bonds. The number of anilines is 1. The van der Waals surface area contributed by atoms with E-state index in [-0.39, 0.29) is 5.54 Å². The van der Waals surface area contributed by atoms with Crippen molar-refractivity contribution in [3.63, 3.8) is 0 Å². The van der Waals surface area contributed by atoms with Crippen molar-refractivity contribution in [3.8, 4) is 0 Å². The van der Waals surface area contributed by atoms with E-state index >= 15 is 0 Å². The summed E-state index contributed by atoms with van der Waals surface area (Å²) < 4.78 is 0. The fourth-order valence-corrected chi connectivity index (χ4v) is 2.76. The second-order valence-electron chi connectivity index (χ2n) is 5.20. The van der Waals surface area contributed by atoms with E-state index < -0.39 is 0 Å². The predicted molar refractivity (Wildman–Crippen MR) is 70.1 cm³/mol. The molecule has 1 atom stereocenters. The quantitative estimate of drug-likeness (QED) is 0.815. The predicted octanol–water partition coefficient (Wildman–Crippen LogP) is 3.05. The molecular weight excluding hydrogens is 220 g/mol. The van der Waals surface area contributed by atoms with Crippen molar-refractivity contribution in [3.05, 3.63) is 29.3 Å². The maximum Gasteiger partial charge on any atom is 0.0426 e. The van der Waals surface area contributed by atoms with E-state index in [2.05, 4.69) is 24.8 Å². The van der Waals surface area contributed by atoms with Gasteiger partial charge in [0.05, 0.1) is 0 Å². The zero-order valence-corrected chi connectivity index (χ0v) is 10.7. The van der Waals surface area contributed by atoms with Crippen molar-refractivity contribution < 1.29 is 0 Å². The second kappa shape index (κ2) is 4.27. The molecule has 1 saturated heterocycles. The van der Waals surface area contributed by atoms with E-state index in [1.54, 1.807) is 0 Å². The summed E-state index contributed by atoms with van der Waals surface area (Å²) in [4.78, 5) is 2.40. The minimum absolute atomic E-state index is 0.113. The third-order valence-corrected chi connectivity index (χ3v) is 3.57. The van der Waals surface area contributed by atoms with E-state index in [1.165, 1.54) is 5.69 Å². The number of nitrogens with zero attached hydrogens (tertiary/aromatic N) is 1. The van der Waals surface area contributed by atoms with Gasteiger partial charge in [-0.1, -0.05) is 17.7 Å². The average Bonchev–Trinajstić information content (AvgIpc) is 2.15. The highest BCUT2D eigenvalue weighted by atomic mass is 35.5. The highest BCUT2D eigenvalue weighted by molar-refractivity contribution is 6.30. The lowest BCUT2D eigenvalue weighted by Gasteiger charge is -2.46. The summed E-state index contributed by atoms with van der Waals surface area (Å²) in [5, 5.41) is 0.795. The Bertz CT molecular complexity index is 376. The van der Waals surface area contributed by atoms with Crippen molar-refractivity contribution in [1.82, 2.24) is 0 Å². The van der Waals surface area contributed by atoms with Crippen molar-refractivity contribution in [2.45, 2.75) is 38.3 Å². The summed E-state index contributed by atoms with van der Waals surface area (Å²) >= 11 is 6.03. The van der Waals surface area contributed by atoms with Gasteiger partial charge >= 0.3 is 0 Å². The maximum atomic E-state index is 6.03. The van der Waals surface area contributed by atoms with Crippen LogP contribution in [0.2, 0.25) is 5.02 Å². The van der Waals surface area contributed by atoms with Gasteiger partial charge in [0.2, 0.25) is 0 Å². The van der Waals surface area contributed by atoms with Gasteiger partial charge in [0.1, 0.15) is 0 Å². The SMILES string of the molecule is CC1(C)CC(N)CCN1c1cccc(Cl)c1. The van der Waals surface area contributed by atoms with Gasteiger partial charge in [0, 0.05) is 28.8 Å². The van der Waals surface area contributed by atoms with Gasteiger partial charge in [-0.25, -0.2) is 0 Å². The number of hydrogen-bond acceptors (Lipinski definition) is 2. The van der Waals surface area contributed by atoms with Crippen LogP contribution in [-0.4, -0.2) is 18.1 Å². The number of nitrogens with two attached hydrogens (primary N) is 1. The number of halogens is 1. The molecule has 3 heteroatoms. The number of rotatable bonds is 1. The molecule has 0 saturated carbocycles. The Hall–Kier alpha value is -0.730. The van der Waals surface area contributed by atoms with E-state index in [0.29, 0.717) is 6.04 Å². The summed E-state index contributed by atoms with van der Waals surface area (Å²) in [6, 6.07) is 8.38. The van der Waals surface area contributed by atoms with Gasteiger partial charge < -0.3 is 10.6 Å². The fourth-order valence-electron chi connectivity index (χ4n) is 2.57. The molecule has 16 heavy (non-hydrogen) atoms. The van der Waals surface area contributed by atoms with Crippen molar-refractivity contribution in [2.75, 3.05) is 11.4 Å². The largest absolute Gasteiger partial charge is 0.366 e. The van der Waals surface area contributed by atoms with Gasteiger partial charge in [-0.15, -0.1) is 0 Å². The Morgan fingerprint density at radius 1 is 1.44 bits per heavy atom. The highest BCUT2D eigenvalue weighted by Gasteiger charge is 2.33. The van der Waals surface area contributed by atoms with Crippen LogP contribution in [0.25, 0.3) is 0 Å². The lowest BCUT2D eigenvalue weighted by atomic mass is 9.87. The smallest absolute Gasteiger partial charge is 0.0426 e. The molecule has 1 heterocycles. The Morgan fingerprint density at radius 2 is 2.19 bits per heavy atom. The first kappa shape index (κ1) is 11.7. The molecule has 1 fully saturated rings. The minimum atomic E-state index is 0.113. The minimum Gasteiger partial charge on any atom is -0.366 e. The van der Waals surface area contributed by atoms with E-state index in [4.69, 9.17) is 17.3 Å². The van der Waals surface area contributed by atoms with Crippen LogP contribution in [-0.2, 0) is 0 Å². The van der Waals surface area contributed by atoms with Crippen LogP contribution in [0.3, 0.4) is 0 Å². The topological polar surface area (TPSA) is 29.3 Å². The monoisotopic (exact) mass is 238 g/mol. The standard InChI is InChI=1S/C13H19ClN2/c1-13(2)9-11(15)6-7-16(13)12-5-3-4-10(14)8-12/h3-5,8,11H,6-7,9,15H2,1-2H3. The lowest BCUT2D eigenvalue weighted by molar-refractivity contribution is 0.327. The van der Waals surface area contributed by atoms with Crippen molar-refractivity contribution in [1.29, 1.82) is 0 Å². The second-order valence-corrected chi connectivity index (χ2v) is 5.63. The normalized spacial score (nSPS) is 24.5. The number of hydrogen-bond donors (Lipinski definition) is 1. The van der Waals surface area contributed by atoms with Gasteiger partial charge in [-0.05, 0) is 44.9 Å². The molecule has 2 N–H and O–H groups in total. The molecular formula is C13H19ClN2. The van der Waals surface area contributed by atoms with Crippen LogP contribution in [0.4, 0.5) is 5.69 Å². The number of benzene rings is 1. The Morgan fingerprint density at radius 3 is 2.81 bits per heavy atom. The van der Waals surface area contributed by atoms with Crippen LogP contribution in [0.1, 0.15) is 26.7 Å². The first-order chi connectivity index (χ1) is 7.49. The Kier molecular flexibility index (Phi) is 3.13. The molecule has 0 radical (unpaired) electrons. The van der Waals surface area contributed by atoms with Crippen molar-refractivity contribution in [2.24, 2.45) is 5.73 Å². The molecule has 0 aliphatic carbocycles. The summed E-state index contributed by atoms with van der Waals surface area (Å²) in [6.07, 6.45) is 2.08. The van der Waals surface area contributed by atoms with Crippen LogP contribution in [0.15, 0.2) is 24.3 Å². The molecule has 0 aromatic heterocycles. The van der Waals surface area contributed by atoms with Gasteiger partial charge in [0.25, 0.3) is 0 Å². The molecule has 2 nitrogen and oxygen atoms in total. The van der Waals surface area contributed by atoms with E-state index in [9.17, 15) is 0 Å². The molecule has 1 unspecified atom stereocenters. The molecule has 1 aliphatic rings. The average molecular weight is 239 g/mol. The molecule has 2 rings (SSSR count). The Labute approximate surface area is 102 Å². The summed E-state index contributed by atoms with van der Waals surface area (Å²) in [6.45, 7) is 5.49. The van der Waals surface area contributed by atoms with Crippen LogP contribution in [0, 0.1) is 0 Å². The lowest BCUT2D eigenvalue weighted by Crippen LogP contribution is -2.53. The zero-order valence-electron chi connectivity index (χ0n) is 9.91. The molecule has 0 spiro atoms. The molecule has 88 valence electrons.